The Morgan fingerprint density at radius 3 is 2.45 bits per heavy atom. The van der Waals surface area contributed by atoms with E-state index in [2.05, 4.69) is 5.32 Å². The summed E-state index contributed by atoms with van der Waals surface area (Å²) in [7, 11) is 1.93. The van der Waals surface area contributed by atoms with Gasteiger partial charge in [0, 0.05) is 6.42 Å². The van der Waals surface area contributed by atoms with Crippen molar-refractivity contribution >= 4 is 5.97 Å². The summed E-state index contributed by atoms with van der Waals surface area (Å²) >= 11 is 0. The van der Waals surface area contributed by atoms with E-state index in [1.807, 2.05) is 7.05 Å². The van der Waals surface area contributed by atoms with Crippen molar-refractivity contribution in [3.8, 4) is 0 Å². The lowest BCUT2D eigenvalue weighted by molar-refractivity contribution is -0.137. The van der Waals surface area contributed by atoms with Gasteiger partial charge in [-0.3, -0.25) is 4.79 Å². The highest BCUT2D eigenvalue weighted by Gasteiger charge is 1.95. The van der Waals surface area contributed by atoms with Gasteiger partial charge in [0.1, 0.15) is 0 Å². The Morgan fingerprint density at radius 2 is 1.91 bits per heavy atom. The van der Waals surface area contributed by atoms with Gasteiger partial charge in [0.2, 0.25) is 0 Å². The van der Waals surface area contributed by atoms with E-state index in [9.17, 15) is 4.79 Å². The van der Waals surface area contributed by atoms with Gasteiger partial charge in [-0.25, -0.2) is 0 Å². The fraction of sp³-hybridized carbons (Fsp3) is 0.875. The zero-order valence-corrected chi connectivity index (χ0v) is 7.10. The Hall–Kier alpha value is -0.570. The van der Waals surface area contributed by atoms with Crippen LogP contribution in [-0.2, 0) is 4.79 Å². The molecule has 3 nitrogen and oxygen atoms in total. The lowest BCUT2D eigenvalue weighted by Crippen LogP contribution is -2.07. The second-order valence-electron chi connectivity index (χ2n) is 2.66. The van der Waals surface area contributed by atoms with E-state index in [0.717, 1.165) is 32.2 Å². The summed E-state index contributed by atoms with van der Waals surface area (Å²) in [4.78, 5) is 10.1. The quantitative estimate of drug-likeness (QED) is 0.549. The fourth-order valence-corrected chi connectivity index (χ4v) is 0.932. The maximum Gasteiger partial charge on any atom is 0.303 e. The maximum atomic E-state index is 10.1. The molecule has 2 N–H and O–H groups in total. The summed E-state index contributed by atoms with van der Waals surface area (Å²) in [5, 5.41) is 11.4. The summed E-state index contributed by atoms with van der Waals surface area (Å²) in [6.07, 6.45) is 4.46. The summed E-state index contributed by atoms with van der Waals surface area (Å²) < 4.78 is 0. The molecule has 0 aliphatic rings. The van der Waals surface area contributed by atoms with Crippen molar-refractivity contribution in [3.05, 3.63) is 0 Å². The van der Waals surface area contributed by atoms with Crippen LogP contribution >= 0.6 is 0 Å². The second-order valence-corrected chi connectivity index (χ2v) is 2.66. The number of carbonyl (C=O) groups is 1. The monoisotopic (exact) mass is 159 g/mol. The molecule has 0 rings (SSSR count). The first-order valence-electron chi connectivity index (χ1n) is 4.13. The number of aliphatic carboxylic acids is 1. The maximum absolute atomic E-state index is 10.1. The molecule has 0 aliphatic carbocycles. The third kappa shape index (κ3) is 9.43. The average molecular weight is 159 g/mol. The van der Waals surface area contributed by atoms with Crippen LogP contribution < -0.4 is 5.32 Å². The van der Waals surface area contributed by atoms with Crippen LogP contribution in [-0.4, -0.2) is 24.7 Å². The third-order valence-electron chi connectivity index (χ3n) is 1.57. The van der Waals surface area contributed by atoms with Crippen molar-refractivity contribution in [2.75, 3.05) is 13.6 Å². The number of rotatable bonds is 7. The zero-order chi connectivity index (χ0) is 8.53. The molecule has 0 unspecified atom stereocenters. The molecule has 0 heterocycles. The topological polar surface area (TPSA) is 49.3 Å². The normalized spacial score (nSPS) is 9.91. The number of hydrogen-bond acceptors (Lipinski definition) is 2. The van der Waals surface area contributed by atoms with Crippen molar-refractivity contribution in [2.45, 2.75) is 32.1 Å². The van der Waals surface area contributed by atoms with Crippen LogP contribution in [0.3, 0.4) is 0 Å². The largest absolute Gasteiger partial charge is 0.481 e. The Morgan fingerprint density at radius 1 is 1.27 bits per heavy atom. The first-order valence-corrected chi connectivity index (χ1v) is 4.13. The molecule has 0 aromatic heterocycles. The van der Waals surface area contributed by atoms with Crippen molar-refractivity contribution in [3.63, 3.8) is 0 Å². The third-order valence-corrected chi connectivity index (χ3v) is 1.57. The first-order chi connectivity index (χ1) is 5.27. The molecule has 11 heavy (non-hydrogen) atoms. The van der Waals surface area contributed by atoms with E-state index >= 15 is 0 Å². The molecular weight excluding hydrogens is 142 g/mol. The van der Waals surface area contributed by atoms with Crippen LogP contribution in [0, 0.1) is 0 Å². The molecular formula is C8H17NO2. The minimum absolute atomic E-state index is 0.319. The highest BCUT2D eigenvalue weighted by atomic mass is 16.4. The Labute approximate surface area is 67.8 Å². The van der Waals surface area contributed by atoms with Crippen molar-refractivity contribution in [1.29, 1.82) is 0 Å². The van der Waals surface area contributed by atoms with Gasteiger partial charge in [0.15, 0.2) is 0 Å². The highest BCUT2D eigenvalue weighted by Crippen LogP contribution is 2.01. The number of unbranched alkanes of at least 4 members (excludes halogenated alkanes) is 3. The van der Waals surface area contributed by atoms with Crippen molar-refractivity contribution in [2.24, 2.45) is 0 Å². The van der Waals surface area contributed by atoms with Crippen LogP contribution in [0.1, 0.15) is 32.1 Å². The number of carboxylic acid groups (broad SMARTS) is 1. The van der Waals surface area contributed by atoms with Gasteiger partial charge < -0.3 is 10.4 Å². The SMILES string of the molecule is CNCCCCCCC(=O)O. The van der Waals surface area contributed by atoms with E-state index in [4.69, 9.17) is 5.11 Å². The van der Waals surface area contributed by atoms with Crippen LogP contribution in [0.5, 0.6) is 0 Å². The highest BCUT2D eigenvalue weighted by molar-refractivity contribution is 5.66. The molecule has 0 spiro atoms. The van der Waals surface area contributed by atoms with Gasteiger partial charge >= 0.3 is 5.97 Å². The van der Waals surface area contributed by atoms with Gasteiger partial charge in [-0.2, -0.15) is 0 Å². The van der Waals surface area contributed by atoms with Crippen LogP contribution in [0.15, 0.2) is 0 Å². The van der Waals surface area contributed by atoms with E-state index in [1.165, 1.54) is 0 Å². The van der Waals surface area contributed by atoms with E-state index in [-0.39, 0.29) is 0 Å². The number of hydrogen-bond donors (Lipinski definition) is 2. The van der Waals surface area contributed by atoms with E-state index in [1.54, 1.807) is 0 Å². The molecule has 66 valence electrons. The summed E-state index contributed by atoms with van der Waals surface area (Å²) in [5.41, 5.74) is 0. The molecule has 0 aliphatic heterocycles. The molecule has 0 amide bonds. The van der Waals surface area contributed by atoms with Gasteiger partial charge in [-0.15, -0.1) is 0 Å². The molecule has 0 fully saturated rings. The Bertz CT molecular complexity index is 104. The van der Waals surface area contributed by atoms with Crippen LogP contribution in [0.4, 0.5) is 0 Å². The first kappa shape index (κ1) is 10.4. The van der Waals surface area contributed by atoms with Crippen molar-refractivity contribution < 1.29 is 9.90 Å². The fourth-order valence-electron chi connectivity index (χ4n) is 0.932. The Balaban J connectivity index is 2.85. The molecule has 0 radical (unpaired) electrons. The van der Waals surface area contributed by atoms with E-state index < -0.39 is 5.97 Å². The molecule has 0 atom stereocenters. The smallest absolute Gasteiger partial charge is 0.303 e. The van der Waals surface area contributed by atoms with Gasteiger partial charge in [-0.1, -0.05) is 12.8 Å². The standard InChI is InChI=1S/C8H17NO2/c1-9-7-5-3-2-4-6-8(10)11/h9H,2-7H2,1H3,(H,10,11). The van der Waals surface area contributed by atoms with Gasteiger partial charge in [0.25, 0.3) is 0 Å². The summed E-state index contributed by atoms with van der Waals surface area (Å²) in [6, 6.07) is 0. The van der Waals surface area contributed by atoms with Crippen LogP contribution in [0.25, 0.3) is 0 Å². The number of nitrogens with one attached hydrogen (secondary N) is 1. The molecule has 0 bridgehead atoms. The molecule has 0 aromatic carbocycles. The molecule has 3 heteroatoms. The van der Waals surface area contributed by atoms with E-state index in [0.29, 0.717) is 6.42 Å². The summed E-state index contributed by atoms with van der Waals surface area (Å²) in [6.45, 7) is 1.03. The minimum Gasteiger partial charge on any atom is -0.481 e. The number of carboxylic acids is 1. The molecule has 0 aromatic rings. The average Bonchev–Trinajstić information content (AvgIpc) is 1.96. The predicted molar refractivity (Wildman–Crippen MR) is 44.6 cm³/mol. The zero-order valence-electron chi connectivity index (χ0n) is 7.10. The second kappa shape index (κ2) is 7.54. The lowest BCUT2D eigenvalue weighted by atomic mass is 10.1. The summed E-state index contributed by atoms with van der Waals surface area (Å²) in [5.74, 6) is -0.682. The lowest BCUT2D eigenvalue weighted by Gasteiger charge is -1.98. The predicted octanol–water partition coefficient (Wildman–Crippen LogP) is 1.24. The molecule has 0 saturated heterocycles. The van der Waals surface area contributed by atoms with Crippen molar-refractivity contribution in [1.82, 2.24) is 5.32 Å². The molecule has 0 saturated carbocycles. The minimum atomic E-state index is -0.682. The Kier molecular flexibility index (Phi) is 7.15. The van der Waals surface area contributed by atoms with Gasteiger partial charge in [-0.05, 0) is 26.4 Å². The van der Waals surface area contributed by atoms with Crippen LogP contribution in [0.2, 0.25) is 0 Å². The van der Waals surface area contributed by atoms with Gasteiger partial charge in [0.05, 0.1) is 0 Å².